The number of likely N-dealkylation sites (tertiary alicyclic amines) is 1. The Hall–Kier alpha value is -0.120. The summed E-state index contributed by atoms with van der Waals surface area (Å²) in [6.45, 7) is 8.87. The van der Waals surface area contributed by atoms with Crippen LogP contribution >= 0.6 is 0 Å². The minimum Gasteiger partial charge on any atom is -0.308 e. The molecule has 116 valence electrons. The zero-order valence-electron chi connectivity index (χ0n) is 13.5. The van der Waals surface area contributed by atoms with Crippen molar-refractivity contribution in [3.05, 3.63) is 0 Å². The Labute approximate surface area is 125 Å². The number of piperidine rings is 1. The van der Waals surface area contributed by atoms with Crippen LogP contribution in [0, 0.1) is 5.92 Å². The molecule has 3 heteroatoms. The van der Waals surface area contributed by atoms with E-state index in [0.717, 1.165) is 12.0 Å². The van der Waals surface area contributed by atoms with E-state index in [2.05, 4.69) is 29.1 Å². The van der Waals surface area contributed by atoms with Crippen molar-refractivity contribution in [3.8, 4) is 0 Å². The predicted molar refractivity (Wildman–Crippen MR) is 85.1 cm³/mol. The van der Waals surface area contributed by atoms with Crippen molar-refractivity contribution in [1.29, 1.82) is 0 Å². The second kappa shape index (κ2) is 6.33. The molecule has 0 bridgehead atoms. The maximum Gasteiger partial charge on any atom is 0.0309 e. The summed E-state index contributed by atoms with van der Waals surface area (Å²) in [5.74, 6) is 0.979. The summed E-state index contributed by atoms with van der Waals surface area (Å²) >= 11 is 0. The lowest BCUT2D eigenvalue weighted by atomic mass is 9.90. The Morgan fingerprint density at radius 1 is 1.15 bits per heavy atom. The van der Waals surface area contributed by atoms with Crippen LogP contribution in [-0.4, -0.2) is 61.2 Å². The van der Waals surface area contributed by atoms with Gasteiger partial charge in [-0.25, -0.2) is 0 Å². The molecule has 20 heavy (non-hydrogen) atoms. The zero-order chi connectivity index (χ0) is 14.0. The summed E-state index contributed by atoms with van der Waals surface area (Å²) in [6, 6.07) is 0.729. The smallest absolute Gasteiger partial charge is 0.0309 e. The van der Waals surface area contributed by atoms with Gasteiger partial charge in [0.1, 0.15) is 0 Å². The van der Waals surface area contributed by atoms with Gasteiger partial charge in [0, 0.05) is 24.7 Å². The highest BCUT2D eigenvalue weighted by atomic mass is 15.2. The van der Waals surface area contributed by atoms with Crippen LogP contribution in [0.3, 0.4) is 0 Å². The first-order chi connectivity index (χ1) is 9.67. The largest absolute Gasteiger partial charge is 0.308 e. The van der Waals surface area contributed by atoms with Crippen molar-refractivity contribution in [2.75, 3.05) is 39.8 Å². The van der Waals surface area contributed by atoms with Crippen LogP contribution in [0.5, 0.6) is 0 Å². The van der Waals surface area contributed by atoms with E-state index < -0.39 is 0 Å². The molecule has 1 atom stereocenters. The predicted octanol–water partition coefficient (Wildman–Crippen LogP) is 2.32. The highest BCUT2D eigenvalue weighted by molar-refractivity contribution is 5.00. The molecule has 0 amide bonds. The lowest BCUT2D eigenvalue weighted by Crippen LogP contribution is -2.62. The van der Waals surface area contributed by atoms with Gasteiger partial charge in [-0.15, -0.1) is 0 Å². The third kappa shape index (κ3) is 3.37. The van der Waals surface area contributed by atoms with E-state index >= 15 is 0 Å². The van der Waals surface area contributed by atoms with E-state index in [1.807, 2.05) is 0 Å². The second-order valence-corrected chi connectivity index (χ2v) is 7.72. The van der Waals surface area contributed by atoms with Gasteiger partial charge in [-0.05, 0) is 71.6 Å². The van der Waals surface area contributed by atoms with Crippen LogP contribution in [0.1, 0.15) is 51.9 Å². The Morgan fingerprint density at radius 2 is 1.85 bits per heavy atom. The molecular formula is C17H33N3. The molecule has 2 saturated heterocycles. The Morgan fingerprint density at radius 3 is 2.55 bits per heavy atom. The molecule has 0 aromatic heterocycles. The van der Waals surface area contributed by atoms with Gasteiger partial charge in [0.15, 0.2) is 0 Å². The summed E-state index contributed by atoms with van der Waals surface area (Å²) in [5.41, 5.74) is 0.485. The topological polar surface area (TPSA) is 18.5 Å². The second-order valence-electron chi connectivity index (χ2n) is 7.72. The van der Waals surface area contributed by atoms with E-state index in [4.69, 9.17) is 0 Å². The third-order valence-corrected chi connectivity index (χ3v) is 6.12. The highest BCUT2D eigenvalue weighted by Gasteiger charge is 2.39. The summed E-state index contributed by atoms with van der Waals surface area (Å²) in [7, 11) is 2.26. The van der Waals surface area contributed by atoms with E-state index in [1.54, 1.807) is 0 Å². The third-order valence-electron chi connectivity index (χ3n) is 6.12. The Kier molecular flexibility index (Phi) is 4.68. The van der Waals surface area contributed by atoms with Crippen molar-refractivity contribution < 1.29 is 0 Å². The van der Waals surface area contributed by atoms with Crippen molar-refractivity contribution in [2.45, 2.75) is 63.5 Å². The number of hydrogen-bond donors (Lipinski definition) is 1. The van der Waals surface area contributed by atoms with Crippen LogP contribution in [0.2, 0.25) is 0 Å². The standard InChI is InChI=1S/C17H33N3/c1-15-13-18-17(8-3-4-9-17)14-20(15)12-7-16-5-10-19(2)11-6-16/h15-16,18H,3-14H2,1-2H3. The first-order valence-electron chi connectivity index (χ1n) is 8.84. The highest BCUT2D eigenvalue weighted by Crippen LogP contribution is 2.33. The molecule has 1 saturated carbocycles. The fourth-order valence-corrected chi connectivity index (χ4v) is 4.48. The van der Waals surface area contributed by atoms with Gasteiger partial charge in [-0.1, -0.05) is 12.8 Å². The minimum absolute atomic E-state index is 0.485. The average Bonchev–Trinajstić information content (AvgIpc) is 2.90. The molecule has 0 aromatic rings. The summed E-state index contributed by atoms with van der Waals surface area (Å²) in [6.07, 6.45) is 9.95. The maximum atomic E-state index is 3.87. The summed E-state index contributed by atoms with van der Waals surface area (Å²) in [5, 5.41) is 3.87. The molecular weight excluding hydrogens is 246 g/mol. The maximum absolute atomic E-state index is 3.87. The number of rotatable bonds is 3. The molecule has 2 aliphatic heterocycles. The normalized spacial score (nSPS) is 33.0. The van der Waals surface area contributed by atoms with E-state index in [0.29, 0.717) is 5.54 Å². The molecule has 1 spiro atoms. The minimum atomic E-state index is 0.485. The van der Waals surface area contributed by atoms with Crippen LogP contribution in [0.25, 0.3) is 0 Å². The summed E-state index contributed by atoms with van der Waals surface area (Å²) in [4.78, 5) is 5.28. The number of piperazine rings is 1. The van der Waals surface area contributed by atoms with Crippen LogP contribution < -0.4 is 5.32 Å². The van der Waals surface area contributed by atoms with Gasteiger partial charge in [0.25, 0.3) is 0 Å². The molecule has 3 aliphatic rings. The first kappa shape index (κ1) is 14.8. The molecule has 1 aliphatic carbocycles. The molecule has 1 unspecified atom stereocenters. The van der Waals surface area contributed by atoms with Gasteiger partial charge in [-0.2, -0.15) is 0 Å². The quantitative estimate of drug-likeness (QED) is 0.855. The molecule has 2 heterocycles. The molecule has 3 rings (SSSR count). The van der Waals surface area contributed by atoms with Crippen LogP contribution in [-0.2, 0) is 0 Å². The van der Waals surface area contributed by atoms with Crippen LogP contribution in [0.4, 0.5) is 0 Å². The van der Waals surface area contributed by atoms with Gasteiger partial charge < -0.3 is 10.2 Å². The fraction of sp³-hybridized carbons (Fsp3) is 1.00. The van der Waals surface area contributed by atoms with Gasteiger partial charge in [-0.3, -0.25) is 4.90 Å². The van der Waals surface area contributed by atoms with Crippen molar-refractivity contribution in [1.82, 2.24) is 15.1 Å². The number of nitrogens with zero attached hydrogens (tertiary/aromatic N) is 2. The monoisotopic (exact) mass is 279 g/mol. The summed E-state index contributed by atoms with van der Waals surface area (Å²) < 4.78 is 0. The van der Waals surface area contributed by atoms with Crippen molar-refractivity contribution >= 4 is 0 Å². The van der Waals surface area contributed by atoms with E-state index in [-0.39, 0.29) is 0 Å². The Bertz CT molecular complexity index is 303. The zero-order valence-corrected chi connectivity index (χ0v) is 13.5. The molecule has 0 aromatic carbocycles. The SMILES string of the molecule is CC1CNC2(CCCC2)CN1CCC1CCN(C)CC1. The molecule has 3 fully saturated rings. The van der Waals surface area contributed by atoms with Gasteiger partial charge in [0.2, 0.25) is 0 Å². The van der Waals surface area contributed by atoms with Crippen LogP contribution in [0.15, 0.2) is 0 Å². The van der Waals surface area contributed by atoms with E-state index in [1.165, 1.54) is 77.7 Å². The number of hydrogen-bond acceptors (Lipinski definition) is 3. The molecule has 0 radical (unpaired) electrons. The molecule has 3 nitrogen and oxygen atoms in total. The average molecular weight is 279 g/mol. The van der Waals surface area contributed by atoms with Crippen molar-refractivity contribution in [3.63, 3.8) is 0 Å². The number of nitrogens with one attached hydrogen (secondary N) is 1. The van der Waals surface area contributed by atoms with E-state index in [9.17, 15) is 0 Å². The lowest BCUT2D eigenvalue weighted by Gasteiger charge is -2.46. The Balaban J connectivity index is 1.48. The fourth-order valence-electron chi connectivity index (χ4n) is 4.48. The first-order valence-corrected chi connectivity index (χ1v) is 8.84. The van der Waals surface area contributed by atoms with Gasteiger partial charge >= 0.3 is 0 Å². The van der Waals surface area contributed by atoms with Gasteiger partial charge in [0.05, 0.1) is 0 Å². The molecule has 1 N–H and O–H groups in total. The lowest BCUT2D eigenvalue weighted by molar-refractivity contribution is 0.0787. The van der Waals surface area contributed by atoms with Crippen molar-refractivity contribution in [2.24, 2.45) is 5.92 Å².